The first-order chi connectivity index (χ1) is 12.0. The van der Waals surface area contributed by atoms with E-state index in [-0.39, 0.29) is 17.6 Å². The predicted molar refractivity (Wildman–Crippen MR) is 106 cm³/mol. The second kappa shape index (κ2) is 9.70. The Morgan fingerprint density at radius 2 is 1.72 bits per heavy atom. The maximum absolute atomic E-state index is 12.0. The molecular weight excluding hydrogens is 379 g/mol. The molecule has 0 radical (unpaired) electrons. The van der Waals surface area contributed by atoms with Gasteiger partial charge in [0, 0.05) is 22.0 Å². The highest BCUT2D eigenvalue weighted by molar-refractivity contribution is 8.00. The Morgan fingerprint density at radius 1 is 1.00 bits per heavy atom. The molecule has 0 aliphatic heterocycles. The SMILES string of the molecule is CCCC(=O)Nc1ccc(SCC(=O)Nc2ccc(Cl)cc2Cl)cc1. The number of amides is 2. The van der Waals surface area contributed by atoms with Crippen LogP contribution in [0.15, 0.2) is 47.4 Å². The topological polar surface area (TPSA) is 58.2 Å². The van der Waals surface area contributed by atoms with Crippen molar-refractivity contribution in [3.05, 3.63) is 52.5 Å². The van der Waals surface area contributed by atoms with Crippen molar-refractivity contribution >= 4 is 58.2 Å². The minimum Gasteiger partial charge on any atom is -0.326 e. The summed E-state index contributed by atoms with van der Waals surface area (Å²) >= 11 is 13.3. The lowest BCUT2D eigenvalue weighted by atomic mass is 10.3. The summed E-state index contributed by atoms with van der Waals surface area (Å²) in [5.74, 6) is 0.0946. The smallest absolute Gasteiger partial charge is 0.234 e. The summed E-state index contributed by atoms with van der Waals surface area (Å²) in [6.45, 7) is 1.96. The molecule has 0 aliphatic carbocycles. The van der Waals surface area contributed by atoms with Crippen molar-refractivity contribution in [3.8, 4) is 0 Å². The van der Waals surface area contributed by atoms with Gasteiger partial charge in [-0.15, -0.1) is 11.8 Å². The van der Waals surface area contributed by atoms with Crippen molar-refractivity contribution in [1.29, 1.82) is 0 Å². The maximum Gasteiger partial charge on any atom is 0.234 e. The van der Waals surface area contributed by atoms with Gasteiger partial charge in [-0.3, -0.25) is 9.59 Å². The first-order valence-corrected chi connectivity index (χ1v) is 9.49. The van der Waals surface area contributed by atoms with Gasteiger partial charge in [-0.25, -0.2) is 0 Å². The molecule has 0 bridgehead atoms. The molecule has 0 saturated heterocycles. The van der Waals surface area contributed by atoms with E-state index in [0.717, 1.165) is 17.0 Å². The largest absolute Gasteiger partial charge is 0.326 e. The number of halogens is 2. The van der Waals surface area contributed by atoms with Crippen LogP contribution in [-0.2, 0) is 9.59 Å². The molecule has 4 nitrogen and oxygen atoms in total. The van der Waals surface area contributed by atoms with Gasteiger partial charge in [0.2, 0.25) is 11.8 Å². The summed E-state index contributed by atoms with van der Waals surface area (Å²) in [7, 11) is 0. The molecule has 0 spiro atoms. The first-order valence-electron chi connectivity index (χ1n) is 7.75. The van der Waals surface area contributed by atoms with Crippen molar-refractivity contribution in [2.75, 3.05) is 16.4 Å². The Balaban J connectivity index is 1.84. The number of hydrogen-bond acceptors (Lipinski definition) is 3. The van der Waals surface area contributed by atoms with Gasteiger partial charge in [-0.1, -0.05) is 30.1 Å². The fourth-order valence-electron chi connectivity index (χ4n) is 2.01. The lowest BCUT2D eigenvalue weighted by molar-refractivity contribution is -0.116. The zero-order chi connectivity index (χ0) is 18.2. The Labute approximate surface area is 161 Å². The third-order valence-corrected chi connectivity index (χ3v) is 4.75. The third kappa shape index (κ3) is 6.61. The van der Waals surface area contributed by atoms with E-state index >= 15 is 0 Å². The summed E-state index contributed by atoms with van der Waals surface area (Å²) in [6.07, 6.45) is 1.32. The van der Waals surface area contributed by atoms with Crippen LogP contribution in [0.4, 0.5) is 11.4 Å². The number of thioether (sulfide) groups is 1. The van der Waals surface area contributed by atoms with E-state index in [9.17, 15) is 9.59 Å². The number of carbonyl (C=O) groups excluding carboxylic acids is 2. The molecule has 0 heterocycles. The summed E-state index contributed by atoms with van der Waals surface area (Å²) in [6, 6.07) is 12.3. The predicted octanol–water partition coefficient (Wildman–Crippen LogP) is 5.46. The van der Waals surface area contributed by atoms with Gasteiger partial charge in [0.25, 0.3) is 0 Å². The van der Waals surface area contributed by atoms with Crippen molar-refractivity contribution < 1.29 is 9.59 Å². The molecule has 0 fully saturated rings. The van der Waals surface area contributed by atoms with Gasteiger partial charge in [0.05, 0.1) is 16.5 Å². The van der Waals surface area contributed by atoms with E-state index in [0.29, 0.717) is 22.2 Å². The summed E-state index contributed by atoms with van der Waals surface area (Å²) in [4.78, 5) is 24.5. The van der Waals surface area contributed by atoms with Gasteiger partial charge >= 0.3 is 0 Å². The highest BCUT2D eigenvalue weighted by Gasteiger charge is 2.07. The van der Waals surface area contributed by atoms with Crippen LogP contribution < -0.4 is 10.6 Å². The van der Waals surface area contributed by atoms with Gasteiger partial charge in [0.1, 0.15) is 0 Å². The Bertz CT molecular complexity index is 751. The Hall–Kier alpha value is -1.69. The second-order valence-electron chi connectivity index (χ2n) is 5.28. The Kier molecular flexibility index (Phi) is 7.62. The van der Waals surface area contributed by atoms with E-state index in [4.69, 9.17) is 23.2 Å². The highest BCUT2D eigenvalue weighted by Crippen LogP contribution is 2.26. The van der Waals surface area contributed by atoms with Gasteiger partial charge in [-0.2, -0.15) is 0 Å². The minimum absolute atomic E-state index is 0.00197. The van der Waals surface area contributed by atoms with Crippen LogP contribution in [0.25, 0.3) is 0 Å². The number of nitrogens with one attached hydrogen (secondary N) is 2. The number of hydrogen-bond donors (Lipinski definition) is 2. The van der Waals surface area contributed by atoms with Gasteiger partial charge < -0.3 is 10.6 Å². The minimum atomic E-state index is -0.158. The molecular formula is C18H18Cl2N2O2S. The molecule has 2 amide bonds. The average Bonchev–Trinajstić information content (AvgIpc) is 2.57. The zero-order valence-corrected chi connectivity index (χ0v) is 16.0. The number of carbonyl (C=O) groups is 2. The molecule has 0 atom stereocenters. The number of anilines is 2. The Morgan fingerprint density at radius 3 is 2.36 bits per heavy atom. The molecule has 0 aliphatic rings. The summed E-state index contributed by atoms with van der Waals surface area (Å²) in [5, 5.41) is 6.50. The standard InChI is InChI=1S/C18H18Cl2N2O2S/c1-2-3-17(23)21-13-5-7-14(8-6-13)25-11-18(24)22-16-9-4-12(19)10-15(16)20/h4-10H,2-3,11H2,1H3,(H,21,23)(H,22,24). The molecule has 25 heavy (non-hydrogen) atoms. The molecule has 0 aromatic heterocycles. The molecule has 0 saturated carbocycles. The van der Waals surface area contributed by atoms with Crippen molar-refractivity contribution in [3.63, 3.8) is 0 Å². The quantitative estimate of drug-likeness (QED) is 0.610. The van der Waals surface area contributed by atoms with E-state index in [1.54, 1.807) is 18.2 Å². The lowest BCUT2D eigenvalue weighted by Gasteiger charge is -2.08. The van der Waals surface area contributed by atoms with Gasteiger partial charge in [-0.05, 0) is 48.9 Å². The van der Waals surface area contributed by atoms with Crippen LogP contribution in [0.1, 0.15) is 19.8 Å². The summed E-state index contributed by atoms with van der Waals surface area (Å²) < 4.78 is 0. The molecule has 0 unspecified atom stereocenters. The van der Waals surface area contributed by atoms with E-state index < -0.39 is 0 Å². The second-order valence-corrected chi connectivity index (χ2v) is 7.18. The number of rotatable bonds is 7. The van der Waals surface area contributed by atoms with Crippen LogP contribution in [0.2, 0.25) is 10.0 Å². The van der Waals surface area contributed by atoms with E-state index in [2.05, 4.69) is 10.6 Å². The van der Waals surface area contributed by atoms with Crippen LogP contribution in [-0.4, -0.2) is 17.6 Å². The fraction of sp³-hybridized carbons (Fsp3) is 0.222. The van der Waals surface area contributed by atoms with Crippen molar-refractivity contribution in [1.82, 2.24) is 0 Å². The monoisotopic (exact) mass is 396 g/mol. The summed E-state index contributed by atoms with van der Waals surface area (Å²) in [5.41, 5.74) is 1.28. The normalized spacial score (nSPS) is 10.4. The van der Waals surface area contributed by atoms with Crippen molar-refractivity contribution in [2.45, 2.75) is 24.7 Å². The molecule has 2 N–H and O–H groups in total. The van der Waals surface area contributed by atoms with Crippen LogP contribution in [0.3, 0.4) is 0 Å². The molecule has 2 aromatic rings. The van der Waals surface area contributed by atoms with Crippen LogP contribution in [0, 0.1) is 0 Å². The third-order valence-electron chi connectivity index (χ3n) is 3.19. The highest BCUT2D eigenvalue weighted by atomic mass is 35.5. The molecule has 7 heteroatoms. The average molecular weight is 397 g/mol. The van der Waals surface area contributed by atoms with Crippen LogP contribution in [0.5, 0.6) is 0 Å². The van der Waals surface area contributed by atoms with E-state index in [1.807, 2.05) is 31.2 Å². The van der Waals surface area contributed by atoms with E-state index in [1.165, 1.54) is 11.8 Å². The van der Waals surface area contributed by atoms with Crippen molar-refractivity contribution in [2.24, 2.45) is 0 Å². The maximum atomic E-state index is 12.0. The molecule has 2 rings (SSSR count). The fourth-order valence-corrected chi connectivity index (χ4v) is 3.17. The first kappa shape index (κ1) is 19.6. The van der Waals surface area contributed by atoms with Gasteiger partial charge in [0.15, 0.2) is 0 Å². The number of benzene rings is 2. The molecule has 132 valence electrons. The molecule has 2 aromatic carbocycles. The lowest BCUT2D eigenvalue weighted by Crippen LogP contribution is -2.14. The van der Waals surface area contributed by atoms with Crippen LogP contribution >= 0.6 is 35.0 Å². The zero-order valence-electron chi connectivity index (χ0n) is 13.6.